The van der Waals surface area contributed by atoms with E-state index >= 15 is 0 Å². The molecule has 170 valence electrons. The number of hydrogen-bond donors (Lipinski definition) is 0. The Balaban J connectivity index is 1.78. The van der Waals surface area contributed by atoms with Crippen LogP contribution in [0.1, 0.15) is 61.0 Å². The molecule has 2 aliphatic heterocycles. The highest BCUT2D eigenvalue weighted by Gasteiger charge is 2.65. The second-order valence-electron chi connectivity index (χ2n) is 11.2. The molecule has 0 saturated carbocycles. The molecule has 0 radical (unpaired) electrons. The quantitative estimate of drug-likeness (QED) is 0.535. The highest BCUT2D eigenvalue weighted by molar-refractivity contribution is 6.58. The van der Waals surface area contributed by atoms with Gasteiger partial charge in [0.25, 0.3) is 0 Å². The Morgan fingerprint density at radius 3 is 1.81 bits per heavy atom. The maximum Gasteiger partial charge on any atom is 0.472 e. The molecule has 1 aromatic carbocycles. The molecule has 1 aliphatic carbocycles. The van der Waals surface area contributed by atoms with Gasteiger partial charge >= 0.3 is 14.2 Å². The van der Waals surface area contributed by atoms with Gasteiger partial charge in [-0.2, -0.15) is 0 Å². The van der Waals surface area contributed by atoms with Crippen LogP contribution in [0.2, 0.25) is 11.1 Å². The van der Waals surface area contributed by atoms with Gasteiger partial charge in [-0.3, -0.25) is 0 Å². The third-order valence-electron chi connectivity index (χ3n) is 7.98. The summed E-state index contributed by atoms with van der Waals surface area (Å²) in [6.45, 7) is 16.7. The zero-order valence-electron chi connectivity index (χ0n) is 20.7. The van der Waals surface area contributed by atoms with E-state index in [2.05, 4.69) is 104 Å². The summed E-state index contributed by atoms with van der Waals surface area (Å²) in [5.74, 6) is -0.122. The summed E-state index contributed by atoms with van der Waals surface area (Å²) in [5.41, 5.74) is -0.602. The van der Waals surface area contributed by atoms with Crippen LogP contribution < -0.4 is 0 Å². The number of benzene rings is 1. The van der Waals surface area contributed by atoms with E-state index in [9.17, 15) is 0 Å². The molecular formula is C26H36B2O4. The fraction of sp³-hybridized carbons (Fsp3) is 0.538. The molecule has 32 heavy (non-hydrogen) atoms. The molecule has 0 amide bonds. The van der Waals surface area contributed by atoms with Crippen LogP contribution in [0.15, 0.2) is 60.7 Å². The first-order valence-electron chi connectivity index (χ1n) is 11.6. The second kappa shape index (κ2) is 7.73. The van der Waals surface area contributed by atoms with Crippen molar-refractivity contribution in [1.29, 1.82) is 0 Å². The van der Waals surface area contributed by atoms with Crippen LogP contribution in [0, 0.1) is 0 Å². The largest absolute Gasteiger partial charge is 0.472 e. The Kier molecular flexibility index (Phi) is 5.69. The maximum atomic E-state index is 6.62. The summed E-state index contributed by atoms with van der Waals surface area (Å²) in [7, 11) is -0.918. The minimum Gasteiger partial charge on any atom is -0.403 e. The molecule has 3 aliphatic rings. The van der Waals surface area contributed by atoms with Crippen molar-refractivity contribution in [1.82, 2.24) is 0 Å². The lowest BCUT2D eigenvalue weighted by Crippen LogP contribution is -2.43. The van der Waals surface area contributed by atoms with Gasteiger partial charge in [-0.1, -0.05) is 66.8 Å². The van der Waals surface area contributed by atoms with Crippen molar-refractivity contribution in [3.63, 3.8) is 0 Å². The van der Waals surface area contributed by atoms with Gasteiger partial charge in [0.1, 0.15) is 0 Å². The molecular weight excluding hydrogens is 398 g/mol. The Bertz CT molecular complexity index is 900. The van der Waals surface area contributed by atoms with E-state index in [1.165, 1.54) is 0 Å². The highest BCUT2D eigenvalue weighted by atomic mass is 16.7. The van der Waals surface area contributed by atoms with E-state index < -0.39 is 42.0 Å². The predicted octanol–water partition coefficient (Wildman–Crippen LogP) is 6.12. The van der Waals surface area contributed by atoms with Crippen LogP contribution in [0.25, 0.3) is 6.08 Å². The summed E-state index contributed by atoms with van der Waals surface area (Å²) in [6.07, 6.45) is 12.8. The van der Waals surface area contributed by atoms with Crippen molar-refractivity contribution >= 4 is 20.3 Å². The SMILES string of the molecule is CC1(C)OB([C@@H]2C=CC=C[C@@]2(/C=C/c2ccccc2)B2OC(C)(C)C(C)(C)O2)OC1(C)C. The van der Waals surface area contributed by atoms with Gasteiger partial charge in [0, 0.05) is 11.1 Å². The normalized spacial score (nSPS) is 32.2. The molecule has 2 fully saturated rings. The van der Waals surface area contributed by atoms with Crippen LogP contribution in [0.4, 0.5) is 0 Å². The minimum absolute atomic E-state index is 0.122. The van der Waals surface area contributed by atoms with E-state index in [1.807, 2.05) is 18.2 Å². The van der Waals surface area contributed by atoms with Gasteiger partial charge in [-0.05, 0) is 61.0 Å². The van der Waals surface area contributed by atoms with Crippen molar-refractivity contribution in [3.05, 3.63) is 66.3 Å². The molecule has 0 aromatic heterocycles. The van der Waals surface area contributed by atoms with E-state index in [0.717, 1.165) is 5.56 Å². The van der Waals surface area contributed by atoms with E-state index in [-0.39, 0.29) is 5.82 Å². The highest BCUT2D eigenvalue weighted by Crippen LogP contribution is 2.58. The monoisotopic (exact) mass is 434 g/mol. The summed E-state index contributed by atoms with van der Waals surface area (Å²) in [6, 6.07) is 10.3. The summed E-state index contributed by atoms with van der Waals surface area (Å²) >= 11 is 0. The van der Waals surface area contributed by atoms with Crippen LogP contribution in [-0.4, -0.2) is 36.6 Å². The van der Waals surface area contributed by atoms with Crippen molar-refractivity contribution in [2.75, 3.05) is 0 Å². The third-order valence-corrected chi connectivity index (χ3v) is 7.98. The molecule has 0 bridgehead atoms. The minimum atomic E-state index is -0.600. The second-order valence-corrected chi connectivity index (χ2v) is 11.2. The van der Waals surface area contributed by atoms with Crippen molar-refractivity contribution in [2.24, 2.45) is 0 Å². The van der Waals surface area contributed by atoms with Gasteiger partial charge in [0.15, 0.2) is 0 Å². The topological polar surface area (TPSA) is 36.9 Å². The zero-order valence-corrected chi connectivity index (χ0v) is 20.7. The molecule has 0 unspecified atom stereocenters. The van der Waals surface area contributed by atoms with Crippen LogP contribution in [0.5, 0.6) is 0 Å². The van der Waals surface area contributed by atoms with Gasteiger partial charge < -0.3 is 18.6 Å². The average molecular weight is 434 g/mol. The number of allylic oxidation sites excluding steroid dienone is 5. The molecule has 2 heterocycles. The fourth-order valence-electron chi connectivity index (χ4n) is 4.38. The standard InChI is InChI=1S/C26H36B2O4/c1-22(2)23(3,4)30-27(29-22)21-16-12-13-18-26(21,19-17-20-14-10-9-11-15-20)28-31-24(5,6)25(7,8)32-28/h9-19,21H,1-8H3/b19-17+/t21-,26+/m1/s1. The van der Waals surface area contributed by atoms with E-state index in [4.69, 9.17) is 18.6 Å². The van der Waals surface area contributed by atoms with Gasteiger partial charge in [0.05, 0.1) is 22.4 Å². The molecule has 0 N–H and O–H groups in total. The number of rotatable bonds is 4. The molecule has 6 heteroatoms. The van der Waals surface area contributed by atoms with Crippen molar-refractivity contribution in [2.45, 2.75) is 88.9 Å². The molecule has 2 atom stereocenters. The summed E-state index contributed by atoms with van der Waals surface area (Å²) in [5, 5.41) is -0.600. The Hall–Kier alpha value is -1.59. The molecule has 4 nitrogen and oxygen atoms in total. The molecule has 1 aromatic rings. The Morgan fingerprint density at radius 1 is 0.719 bits per heavy atom. The van der Waals surface area contributed by atoms with Gasteiger partial charge in [0.2, 0.25) is 0 Å². The Morgan fingerprint density at radius 2 is 1.25 bits per heavy atom. The van der Waals surface area contributed by atoms with Gasteiger partial charge in [-0.15, -0.1) is 0 Å². The van der Waals surface area contributed by atoms with Crippen molar-refractivity contribution in [3.8, 4) is 0 Å². The van der Waals surface area contributed by atoms with Crippen LogP contribution in [0.3, 0.4) is 0 Å². The lowest BCUT2D eigenvalue weighted by Gasteiger charge is -2.38. The summed E-state index contributed by atoms with van der Waals surface area (Å²) in [4.78, 5) is 0. The maximum absolute atomic E-state index is 6.62. The zero-order chi connectivity index (χ0) is 23.4. The fourth-order valence-corrected chi connectivity index (χ4v) is 4.38. The third kappa shape index (κ3) is 3.85. The lowest BCUT2D eigenvalue weighted by atomic mass is 9.41. The molecule has 2 saturated heterocycles. The average Bonchev–Trinajstić information content (AvgIpc) is 3.07. The number of hydrogen-bond acceptors (Lipinski definition) is 4. The predicted molar refractivity (Wildman–Crippen MR) is 132 cm³/mol. The van der Waals surface area contributed by atoms with Crippen molar-refractivity contribution < 1.29 is 18.6 Å². The van der Waals surface area contributed by atoms with E-state index in [0.29, 0.717) is 0 Å². The molecule has 0 spiro atoms. The smallest absolute Gasteiger partial charge is 0.403 e. The lowest BCUT2D eigenvalue weighted by molar-refractivity contribution is 0.00578. The summed E-state index contributed by atoms with van der Waals surface area (Å²) < 4.78 is 26.3. The Labute approximate surface area is 194 Å². The first kappa shape index (κ1) is 23.6. The van der Waals surface area contributed by atoms with E-state index in [1.54, 1.807) is 0 Å². The molecule has 4 rings (SSSR count). The van der Waals surface area contributed by atoms with Crippen LogP contribution >= 0.6 is 0 Å². The van der Waals surface area contributed by atoms with Crippen LogP contribution in [-0.2, 0) is 18.6 Å². The first-order valence-corrected chi connectivity index (χ1v) is 11.6. The van der Waals surface area contributed by atoms with Gasteiger partial charge in [-0.25, -0.2) is 0 Å². The first-order chi connectivity index (χ1) is 14.8.